The third-order valence-electron chi connectivity index (χ3n) is 5.27. The molecule has 9 heteroatoms. The van der Waals surface area contributed by atoms with Crippen LogP contribution in [0.15, 0.2) is 29.4 Å². The van der Waals surface area contributed by atoms with Crippen LogP contribution in [-0.2, 0) is 16.1 Å². The van der Waals surface area contributed by atoms with E-state index in [1.165, 1.54) is 0 Å². The number of amides is 1. The van der Waals surface area contributed by atoms with Gasteiger partial charge >= 0.3 is 0 Å². The van der Waals surface area contributed by atoms with Crippen molar-refractivity contribution < 1.29 is 14.3 Å². The topological polar surface area (TPSA) is 81.5 Å². The Morgan fingerprint density at radius 2 is 2.19 bits per heavy atom. The summed E-state index contributed by atoms with van der Waals surface area (Å²) in [6.45, 7) is 5.92. The van der Waals surface area contributed by atoms with Crippen LogP contribution in [0, 0.1) is 5.92 Å². The van der Waals surface area contributed by atoms with Crippen molar-refractivity contribution in [3.8, 4) is 11.4 Å². The molecule has 3 rings (SSSR count). The third-order valence-corrected chi connectivity index (χ3v) is 6.18. The first-order valence-corrected chi connectivity index (χ1v) is 11.6. The minimum Gasteiger partial charge on any atom is -0.497 e. The molecule has 1 atom stereocenters. The molecule has 0 spiro atoms. The standard InChI is InChI=1S/C22H33N5O3S/c1-22(2)14-16(9-11-30-22)20(28)23-15-19-24-25-21(31-12-10-26(3)4)27(19)17-7-6-8-18(13-17)29-5/h6-8,13,16H,9-12,14-15H2,1-5H3,(H,23,28). The van der Waals surface area contributed by atoms with Gasteiger partial charge in [-0.15, -0.1) is 10.2 Å². The molecule has 1 amide bonds. The van der Waals surface area contributed by atoms with Crippen LogP contribution in [0.25, 0.3) is 5.69 Å². The first kappa shape index (κ1) is 23.6. The first-order chi connectivity index (χ1) is 14.8. The van der Waals surface area contributed by atoms with E-state index in [0.717, 1.165) is 35.3 Å². The van der Waals surface area contributed by atoms with Gasteiger partial charge in [-0.1, -0.05) is 17.8 Å². The molecule has 8 nitrogen and oxygen atoms in total. The Morgan fingerprint density at radius 1 is 1.39 bits per heavy atom. The molecule has 31 heavy (non-hydrogen) atoms. The molecule has 0 aliphatic carbocycles. The molecule has 1 aromatic carbocycles. The Bertz CT molecular complexity index is 884. The van der Waals surface area contributed by atoms with Crippen LogP contribution in [0.4, 0.5) is 0 Å². The average Bonchev–Trinajstić information content (AvgIpc) is 3.13. The number of nitrogens with one attached hydrogen (secondary N) is 1. The minimum atomic E-state index is -0.267. The molecule has 2 heterocycles. The van der Waals surface area contributed by atoms with Crippen LogP contribution in [0.5, 0.6) is 5.75 Å². The van der Waals surface area contributed by atoms with Crippen molar-refractivity contribution in [2.24, 2.45) is 5.92 Å². The molecule has 1 aliphatic rings. The van der Waals surface area contributed by atoms with Crippen molar-refractivity contribution in [1.82, 2.24) is 25.0 Å². The van der Waals surface area contributed by atoms with Gasteiger partial charge in [0.05, 0.1) is 24.9 Å². The fourth-order valence-electron chi connectivity index (χ4n) is 3.60. The summed E-state index contributed by atoms with van der Waals surface area (Å²) in [6, 6.07) is 7.79. The maximum Gasteiger partial charge on any atom is 0.223 e. The molecule has 170 valence electrons. The molecule has 1 aliphatic heterocycles. The number of hydrogen-bond acceptors (Lipinski definition) is 7. The van der Waals surface area contributed by atoms with Crippen LogP contribution in [0.1, 0.15) is 32.5 Å². The molecule has 1 fully saturated rings. The van der Waals surface area contributed by atoms with Crippen molar-refractivity contribution in [2.45, 2.75) is 44.0 Å². The van der Waals surface area contributed by atoms with Gasteiger partial charge in [-0.25, -0.2) is 0 Å². The molecule has 1 aromatic heterocycles. The molecular formula is C22H33N5O3S. The second-order valence-electron chi connectivity index (χ2n) is 8.60. The Labute approximate surface area is 188 Å². The Hall–Kier alpha value is -2.10. The Balaban J connectivity index is 1.77. The number of aromatic nitrogens is 3. The van der Waals surface area contributed by atoms with Gasteiger partial charge in [0.25, 0.3) is 0 Å². The zero-order valence-electron chi connectivity index (χ0n) is 19.1. The second-order valence-corrected chi connectivity index (χ2v) is 9.67. The van der Waals surface area contributed by atoms with E-state index in [2.05, 4.69) is 20.4 Å². The third kappa shape index (κ3) is 6.44. The fraction of sp³-hybridized carbons (Fsp3) is 0.591. The quantitative estimate of drug-likeness (QED) is 0.592. The number of rotatable bonds is 9. The summed E-state index contributed by atoms with van der Waals surface area (Å²) in [4.78, 5) is 14.9. The van der Waals surface area contributed by atoms with Gasteiger partial charge in [0.15, 0.2) is 11.0 Å². The number of thioether (sulfide) groups is 1. The summed E-state index contributed by atoms with van der Waals surface area (Å²) in [5.74, 6) is 2.33. The summed E-state index contributed by atoms with van der Waals surface area (Å²) in [5, 5.41) is 12.7. The van der Waals surface area contributed by atoms with Crippen molar-refractivity contribution >= 4 is 17.7 Å². The average molecular weight is 448 g/mol. The van der Waals surface area contributed by atoms with E-state index in [4.69, 9.17) is 9.47 Å². The molecule has 1 unspecified atom stereocenters. The minimum absolute atomic E-state index is 0.0402. The fourth-order valence-corrected chi connectivity index (χ4v) is 4.68. The van der Waals surface area contributed by atoms with Crippen molar-refractivity contribution in [2.75, 3.05) is 40.1 Å². The zero-order valence-corrected chi connectivity index (χ0v) is 19.9. The van der Waals surface area contributed by atoms with E-state index >= 15 is 0 Å². The monoisotopic (exact) mass is 447 g/mol. The van der Waals surface area contributed by atoms with Gasteiger partial charge in [-0.2, -0.15) is 0 Å². The number of carbonyl (C=O) groups excluding carboxylic acids is 1. The highest BCUT2D eigenvalue weighted by Crippen LogP contribution is 2.29. The molecule has 1 saturated heterocycles. The molecule has 1 N–H and O–H groups in total. The van der Waals surface area contributed by atoms with Crippen LogP contribution in [0.2, 0.25) is 0 Å². The van der Waals surface area contributed by atoms with Crippen molar-refractivity contribution in [1.29, 1.82) is 0 Å². The lowest BCUT2D eigenvalue weighted by Gasteiger charge is -2.34. The largest absolute Gasteiger partial charge is 0.497 e. The lowest BCUT2D eigenvalue weighted by Crippen LogP contribution is -2.41. The van der Waals surface area contributed by atoms with Crippen LogP contribution < -0.4 is 10.1 Å². The summed E-state index contributed by atoms with van der Waals surface area (Å²) < 4.78 is 13.1. The molecule has 0 saturated carbocycles. The molecule has 2 aromatic rings. The number of hydrogen-bond donors (Lipinski definition) is 1. The number of benzene rings is 1. The molecule has 0 bridgehead atoms. The Kier molecular flexibility index (Phi) is 7.96. The SMILES string of the molecule is COc1cccc(-n2c(CNC(=O)C3CCOC(C)(C)C3)nnc2SCCN(C)C)c1. The predicted octanol–water partition coefficient (Wildman–Crippen LogP) is 2.75. The maximum atomic E-state index is 12.8. The van der Waals surface area contributed by atoms with E-state index in [1.54, 1.807) is 18.9 Å². The number of carbonyl (C=O) groups is 1. The van der Waals surface area contributed by atoms with E-state index in [1.807, 2.05) is 56.8 Å². The van der Waals surface area contributed by atoms with E-state index in [0.29, 0.717) is 25.4 Å². The van der Waals surface area contributed by atoms with Gasteiger partial charge in [-0.05, 0) is 52.9 Å². The number of nitrogens with zero attached hydrogens (tertiary/aromatic N) is 4. The van der Waals surface area contributed by atoms with Gasteiger partial charge in [0.1, 0.15) is 5.75 Å². The second kappa shape index (κ2) is 10.5. The van der Waals surface area contributed by atoms with Gasteiger partial charge < -0.3 is 19.7 Å². The highest BCUT2D eigenvalue weighted by molar-refractivity contribution is 7.99. The summed E-state index contributed by atoms with van der Waals surface area (Å²) in [7, 11) is 5.74. The summed E-state index contributed by atoms with van der Waals surface area (Å²) in [6.07, 6.45) is 1.45. The lowest BCUT2D eigenvalue weighted by molar-refractivity contribution is -0.135. The normalized spacial score (nSPS) is 18.2. The number of methoxy groups -OCH3 is 1. The first-order valence-electron chi connectivity index (χ1n) is 10.6. The van der Waals surface area contributed by atoms with Crippen LogP contribution in [0.3, 0.4) is 0 Å². The predicted molar refractivity (Wildman–Crippen MR) is 122 cm³/mol. The number of ether oxygens (including phenoxy) is 2. The van der Waals surface area contributed by atoms with Gasteiger partial charge in [0.2, 0.25) is 5.91 Å². The van der Waals surface area contributed by atoms with Gasteiger partial charge in [-0.3, -0.25) is 9.36 Å². The highest BCUT2D eigenvalue weighted by Gasteiger charge is 2.33. The highest BCUT2D eigenvalue weighted by atomic mass is 32.2. The Morgan fingerprint density at radius 3 is 2.90 bits per heavy atom. The van der Waals surface area contributed by atoms with Crippen LogP contribution >= 0.6 is 11.8 Å². The van der Waals surface area contributed by atoms with E-state index < -0.39 is 0 Å². The van der Waals surface area contributed by atoms with Crippen molar-refractivity contribution in [3.63, 3.8) is 0 Å². The van der Waals surface area contributed by atoms with Crippen molar-refractivity contribution in [3.05, 3.63) is 30.1 Å². The smallest absolute Gasteiger partial charge is 0.223 e. The maximum absolute atomic E-state index is 12.8. The van der Waals surface area contributed by atoms with E-state index in [9.17, 15) is 4.79 Å². The van der Waals surface area contributed by atoms with Crippen LogP contribution in [-0.4, -0.2) is 71.3 Å². The molecular weight excluding hydrogens is 414 g/mol. The summed E-state index contributed by atoms with van der Waals surface area (Å²) in [5.41, 5.74) is 0.644. The van der Waals surface area contributed by atoms with Gasteiger partial charge in [0, 0.05) is 30.9 Å². The zero-order chi connectivity index (χ0) is 22.4. The molecule has 0 radical (unpaired) electrons. The lowest BCUT2D eigenvalue weighted by atomic mass is 9.88. The summed E-state index contributed by atoms with van der Waals surface area (Å²) >= 11 is 1.64. The van der Waals surface area contributed by atoms with E-state index in [-0.39, 0.29) is 17.4 Å².